The Bertz CT molecular complexity index is 1280. The van der Waals surface area contributed by atoms with Gasteiger partial charge in [0.05, 0.1) is 11.1 Å². The van der Waals surface area contributed by atoms with Crippen LogP contribution >= 0.6 is 0 Å². The van der Waals surface area contributed by atoms with Gasteiger partial charge in [-0.3, -0.25) is 4.79 Å². The normalized spacial score (nSPS) is 14.7. The van der Waals surface area contributed by atoms with E-state index in [1.165, 1.54) is 18.2 Å². The van der Waals surface area contributed by atoms with E-state index in [4.69, 9.17) is 0 Å². The van der Waals surface area contributed by atoms with Gasteiger partial charge in [0.25, 0.3) is 5.91 Å². The van der Waals surface area contributed by atoms with E-state index in [2.05, 4.69) is 9.97 Å². The van der Waals surface area contributed by atoms with Crippen LogP contribution in [0, 0.1) is 13.8 Å². The summed E-state index contributed by atoms with van der Waals surface area (Å²) < 4.78 is 78.0. The standard InChI is InChI=1S/C26H24F6N4O/c1-16-22(15-18-4-3-5-21(14-18)26(30,31)32)23(34-17(2)33-16)35-10-12-36(13-11-35)24(37)19-6-8-20(9-7-19)25(27,28)29/h3-9,14H,10-13,15H2,1-2H3. The van der Waals surface area contributed by atoms with E-state index in [-0.39, 0.29) is 17.9 Å². The molecular weight excluding hydrogens is 498 g/mol. The van der Waals surface area contributed by atoms with Crippen LogP contribution in [-0.2, 0) is 18.8 Å². The molecule has 1 fully saturated rings. The Morgan fingerprint density at radius 2 is 1.46 bits per heavy atom. The lowest BCUT2D eigenvalue weighted by atomic mass is 10.0. The van der Waals surface area contributed by atoms with Gasteiger partial charge < -0.3 is 9.80 Å². The van der Waals surface area contributed by atoms with Crippen molar-refractivity contribution >= 4 is 11.7 Å². The molecule has 196 valence electrons. The summed E-state index contributed by atoms with van der Waals surface area (Å²) in [6, 6.07) is 9.24. The molecule has 0 aliphatic carbocycles. The van der Waals surface area contributed by atoms with Crippen LogP contribution in [0.15, 0.2) is 48.5 Å². The lowest BCUT2D eigenvalue weighted by Crippen LogP contribution is -2.49. The highest BCUT2D eigenvalue weighted by atomic mass is 19.4. The fourth-order valence-electron chi connectivity index (χ4n) is 4.35. The number of hydrogen-bond donors (Lipinski definition) is 0. The zero-order valence-corrected chi connectivity index (χ0v) is 20.1. The predicted octanol–water partition coefficient (Wildman–Crippen LogP) is 5.68. The first-order valence-corrected chi connectivity index (χ1v) is 11.5. The summed E-state index contributed by atoms with van der Waals surface area (Å²) in [4.78, 5) is 25.3. The number of carbonyl (C=O) groups is 1. The summed E-state index contributed by atoms with van der Waals surface area (Å²) in [5.74, 6) is 0.750. The number of anilines is 1. The van der Waals surface area contributed by atoms with Crippen molar-refractivity contribution in [3.05, 3.63) is 87.9 Å². The fourth-order valence-corrected chi connectivity index (χ4v) is 4.35. The van der Waals surface area contributed by atoms with Gasteiger partial charge in [-0.15, -0.1) is 0 Å². The second kappa shape index (κ2) is 10.0. The van der Waals surface area contributed by atoms with E-state index in [9.17, 15) is 31.1 Å². The summed E-state index contributed by atoms with van der Waals surface area (Å²) >= 11 is 0. The SMILES string of the molecule is Cc1nc(C)c(Cc2cccc(C(F)(F)F)c2)c(N2CCN(C(=O)c3ccc(C(F)(F)F)cc3)CC2)n1. The van der Waals surface area contributed by atoms with Crippen molar-refractivity contribution in [2.45, 2.75) is 32.6 Å². The number of benzene rings is 2. The summed E-state index contributed by atoms with van der Waals surface area (Å²) in [7, 11) is 0. The lowest BCUT2D eigenvalue weighted by molar-refractivity contribution is -0.138. The second-order valence-corrected chi connectivity index (χ2v) is 8.89. The minimum Gasteiger partial charge on any atom is -0.353 e. The van der Waals surface area contributed by atoms with Crippen LogP contribution in [0.4, 0.5) is 32.2 Å². The molecule has 0 unspecified atom stereocenters. The van der Waals surface area contributed by atoms with Gasteiger partial charge in [-0.25, -0.2) is 9.97 Å². The van der Waals surface area contributed by atoms with E-state index < -0.39 is 23.5 Å². The first kappa shape index (κ1) is 26.4. The Hall–Kier alpha value is -3.63. The number of rotatable bonds is 4. The molecule has 0 atom stereocenters. The number of alkyl halides is 6. The Morgan fingerprint density at radius 3 is 2.05 bits per heavy atom. The highest BCUT2D eigenvalue weighted by Gasteiger charge is 2.32. The average Bonchev–Trinajstić information content (AvgIpc) is 2.84. The third-order valence-corrected chi connectivity index (χ3v) is 6.26. The summed E-state index contributed by atoms with van der Waals surface area (Å²) in [6.07, 6.45) is -8.73. The topological polar surface area (TPSA) is 49.3 Å². The van der Waals surface area contributed by atoms with Crippen molar-refractivity contribution in [3.8, 4) is 0 Å². The Morgan fingerprint density at radius 1 is 0.838 bits per heavy atom. The second-order valence-electron chi connectivity index (χ2n) is 8.89. The number of amides is 1. The minimum absolute atomic E-state index is 0.167. The third kappa shape index (κ3) is 6.03. The maximum atomic E-state index is 13.2. The smallest absolute Gasteiger partial charge is 0.353 e. The van der Waals surface area contributed by atoms with Crippen LogP contribution < -0.4 is 4.90 Å². The van der Waals surface area contributed by atoms with Crippen LogP contribution in [0.25, 0.3) is 0 Å². The lowest BCUT2D eigenvalue weighted by Gasteiger charge is -2.36. The summed E-state index contributed by atoms with van der Waals surface area (Å²) in [5, 5.41) is 0. The van der Waals surface area contributed by atoms with Crippen molar-refractivity contribution in [3.63, 3.8) is 0 Å². The number of piperazine rings is 1. The Kier molecular flexibility index (Phi) is 7.16. The van der Waals surface area contributed by atoms with E-state index in [1.54, 1.807) is 24.8 Å². The van der Waals surface area contributed by atoms with Crippen LogP contribution in [0.1, 0.15) is 44.1 Å². The van der Waals surface area contributed by atoms with Crippen LogP contribution in [0.2, 0.25) is 0 Å². The number of aromatic nitrogens is 2. The van der Waals surface area contributed by atoms with Crippen molar-refractivity contribution in [1.82, 2.24) is 14.9 Å². The quantitative estimate of drug-likeness (QED) is 0.414. The summed E-state index contributed by atoms with van der Waals surface area (Å²) in [6.45, 7) is 4.94. The van der Waals surface area contributed by atoms with Gasteiger partial charge in [-0.2, -0.15) is 26.3 Å². The number of aryl methyl sites for hydroxylation is 2. The largest absolute Gasteiger partial charge is 0.416 e. The van der Waals surface area contributed by atoms with E-state index in [0.717, 1.165) is 24.3 Å². The molecule has 37 heavy (non-hydrogen) atoms. The molecule has 0 radical (unpaired) electrons. The number of halogens is 6. The summed E-state index contributed by atoms with van der Waals surface area (Å²) in [5.41, 5.74) is 0.447. The van der Waals surface area contributed by atoms with Crippen LogP contribution in [-0.4, -0.2) is 47.0 Å². The molecule has 0 bridgehead atoms. The number of nitrogens with zero attached hydrogens (tertiary/aromatic N) is 4. The molecule has 1 aliphatic rings. The molecule has 1 saturated heterocycles. The molecule has 0 N–H and O–H groups in total. The van der Waals surface area contributed by atoms with Gasteiger partial charge in [-0.05, 0) is 49.7 Å². The fraction of sp³-hybridized carbons (Fsp3) is 0.346. The van der Waals surface area contributed by atoms with Gasteiger partial charge in [0.1, 0.15) is 11.6 Å². The molecule has 0 saturated carbocycles. The molecule has 2 heterocycles. The van der Waals surface area contributed by atoms with Crippen molar-refractivity contribution < 1.29 is 31.1 Å². The van der Waals surface area contributed by atoms with Gasteiger partial charge in [-0.1, -0.05) is 18.2 Å². The monoisotopic (exact) mass is 522 g/mol. The molecule has 1 aliphatic heterocycles. The maximum absolute atomic E-state index is 13.2. The van der Waals surface area contributed by atoms with Gasteiger partial charge in [0.2, 0.25) is 0 Å². The highest BCUT2D eigenvalue weighted by Crippen LogP contribution is 2.32. The van der Waals surface area contributed by atoms with Crippen molar-refractivity contribution in [2.75, 3.05) is 31.1 Å². The molecule has 2 aromatic carbocycles. The van der Waals surface area contributed by atoms with Crippen molar-refractivity contribution in [1.29, 1.82) is 0 Å². The molecule has 11 heteroatoms. The van der Waals surface area contributed by atoms with Crippen LogP contribution in [0.3, 0.4) is 0 Å². The van der Waals surface area contributed by atoms with E-state index in [0.29, 0.717) is 54.6 Å². The number of carbonyl (C=O) groups excluding carboxylic acids is 1. The molecule has 0 spiro atoms. The van der Waals surface area contributed by atoms with E-state index >= 15 is 0 Å². The van der Waals surface area contributed by atoms with Gasteiger partial charge in [0.15, 0.2) is 0 Å². The molecule has 1 aromatic heterocycles. The van der Waals surface area contributed by atoms with Gasteiger partial charge in [0, 0.05) is 49.4 Å². The molecule has 5 nitrogen and oxygen atoms in total. The molecule has 3 aromatic rings. The van der Waals surface area contributed by atoms with Crippen molar-refractivity contribution in [2.24, 2.45) is 0 Å². The van der Waals surface area contributed by atoms with Gasteiger partial charge >= 0.3 is 12.4 Å². The molecular formula is C26H24F6N4O. The number of hydrogen-bond acceptors (Lipinski definition) is 4. The predicted molar refractivity (Wildman–Crippen MR) is 125 cm³/mol. The molecule has 1 amide bonds. The highest BCUT2D eigenvalue weighted by molar-refractivity contribution is 5.94. The minimum atomic E-state index is -4.48. The van der Waals surface area contributed by atoms with Crippen LogP contribution in [0.5, 0.6) is 0 Å². The first-order valence-electron chi connectivity index (χ1n) is 11.5. The zero-order chi connectivity index (χ0) is 27.0. The Labute approximate surface area is 209 Å². The zero-order valence-electron chi connectivity index (χ0n) is 20.1. The Balaban J connectivity index is 1.51. The maximum Gasteiger partial charge on any atom is 0.416 e. The first-order chi connectivity index (χ1) is 17.3. The average molecular weight is 522 g/mol. The molecule has 4 rings (SSSR count). The van der Waals surface area contributed by atoms with E-state index in [1.807, 2.05) is 4.90 Å². The third-order valence-electron chi connectivity index (χ3n) is 6.26.